The number of amides is 1. The molecule has 18 heavy (non-hydrogen) atoms. The molecular weight excluding hydrogens is 318 g/mol. The van der Waals surface area contributed by atoms with Gasteiger partial charge in [0, 0.05) is 10.2 Å². The van der Waals surface area contributed by atoms with Crippen molar-refractivity contribution in [1.82, 2.24) is 4.98 Å². The summed E-state index contributed by atoms with van der Waals surface area (Å²) in [6.07, 6.45) is 0. The minimum Gasteiger partial charge on any atom is -0.398 e. The van der Waals surface area contributed by atoms with Gasteiger partial charge in [-0.1, -0.05) is 33.6 Å². The highest BCUT2D eigenvalue weighted by molar-refractivity contribution is 9.10. The summed E-state index contributed by atoms with van der Waals surface area (Å²) < 4.78 is 0.817. The Morgan fingerprint density at radius 1 is 1.33 bits per heavy atom. The third-order valence-corrected chi connectivity index (χ3v) is 2.92. The van der Waals surface area contributed by atoms with Gasteiger partial charge in [0.2, 0.25) is 0 Å². The number of nitrogen functional groups attached to an aromatic ring is 1. The fourth-order valence-electron chi connectivity index (χ4n) is 1.40. The number of halogens is 2. The first-order valence-electron chi connectivity index (χ1n) is 5.05. The van der Waals surface area contributed by atoms with Crippen LogP contribution in [0.3, 0.4) is 0 Å². The number of hydrogen-bond acceptors (Lipinski definition) is 3. The molecule has 0 spiro atoms. The summed E-state index contributed by atoms with van der Waals surface area (Å²) in [4.78, 5) is 15.9. The van der Waals surface area contributed by atoms with Gasteiger partial charge >= 0.3 is 0 Å². The van der Waals surface area contributed by atoms with Gasteiger partial charge in [-0.25, -0.2) is 4.98 Å². The lowest BCUT2D eigenvalue weighted by Gasteiger charge is -2.07. The summed E-state index contributed by atoms with van der Waals surface area (Å²) in [5.74, 6) is 0.0598. The zero-order chi connectivity index (χ0) is 13.1. The molecule has 1 amide bonds. The quantitative estimate of drug-likeness (QED) is 0.657. The van der Waals surface area contributed by atoms with Crippen molar-refractivity contribution in [3.05, 3.63) is 51.6 Å². The van der Waals surface area contributed by atoms with E-state index in [2.05, 4.69) is 26.2 Å². The van der Waals surface area contributed by atoms with Gasteiger partial charge in [-0.15, -0.1) is 0 Å². The van der Waals surface area contributed by atoms with Gasteiger partial charge < -0.3 is 11.1 Å². The SMILES string of the molecule is Nc1cc(Br)ccc1C(=O)Nc1cccc(Cl)n1. The molecule has 0 atom stereocenters. The van der Waals surface area contributed by atoms with E-state index in [4.69, 9.17) is 17.3 Å². The van der Waals surface area contributed by atoms with Crippen molar-refractivity contribution in [1.29, 1.82) is 0 Å². The highest BCUT2D eigenvalue weighted by Gasteiger charge is 2.10. The maximum atomic E-state index is 12.0. The van der Waals surface area contributed by atoms with Gasteiger partial charge in [-0.3, -0.25) is 4.79 Å². The molecule has 6 heteroatoms. The number of rotatable bonds is 2. The van der Waals surface area contributed by atoms with Crippen LogP contribution in [0, 0.1) is 0 Å². The molecule has 3 N–H and O–H groups in total. The molecule has 0 aliphatic heterocycles. The van der Waals surface area contributed by atoms with Crippen molar-refractivity contribution in [2.45, 2.75) is 0 Å². The number of carbonyl (C=O) groups is 1. The van der Waals surface area contributed by atoms with E-state index in [1.165, 1.54) is 0 Å². The van der Waals surface area contributed by atoms with Crippen LogP contribution in [-0.2, 0) is 0 Å². The minimum absolute atomic E-state index is 0.316. The first-order valence-corrected chi connectivity index (χ1v) is 6.22. The summed E-state index contributed by atoms with van der Waals surface area (Å²) in [7, 11) is 0. The maximum absolute atomic E-state index is 12.0. The first kappa shape index (κ1) is 12.9. The molecule has 2 aromatic rings. The fraction of sp³-hybridized carbons (Fsp3) is 0. The Labute approximate surface area is 117 Å². The van der Waals surface area contributed by atoms with E-state index in [9.17, 15) is 4.79 Å². The Hall–Kier alpha value is -1.59. The summed E-state index contributed by atoms with van der Waals surface area (Å²) in [5.41, 5.74) is 6.55. The van der Waals surface area contributed by atoms with Crippen molar-refractivity contribution >= 4 is 44.9 Å². The molecule has 2 rings (SSSR count). The second kappa shape index (κ2) is 5.37. The fourth-order valence-corrected chi connectivity index (χ4v) is 1.94. The van der Waals surface area contributed by atoms with Crippen LogP contribution < -0.4 is 11.1 Å². The van der Waals surface area contributed by atoms with Crippen LogP contribution in [0.1, 0.15) is 10.4 Å². The van der Waals surface area contributed by atoms with E-state index in [1.807, 2.05) is 0 Å². The molecule has 4 nitrogen and oxygen atoms in total. The van der Waals surface area contributed by atoms with Crippen molar-refractivity contribution in [3.8, 4) is 0 Å². The summed E-state index contributed by atoms with van der Waals surface area (Å²) in [5, 5.41) is 2.95. The number of nitrogens with two attached hydrogens (primary N) is 1. The van der Waals surface area contributed by atoms with Crippen LogP contribution in [0.4, 0.5) is 11.5 Å². The van der Waals surface area contributed by atoms with E-state index in [0.29, 0.717) is 22.2 Å². The van der Waals surface area contributed by atoms with Crippen molar-refractivity contribution < 1.29 is 4.79 Å². The zero-order valence-corrected chi connectivity index (χ0v) is 11.5. The lowest BCUT2D eigenvalue weighted by Crippen LogP contribution is -2.14. The lowest BCUT2D eigenvalue weighted by atomic mass is 10.1. The van der Waals surface area contributed by atoms with E-state index in [-0.39, 0.29) is 5.91 Å². The molecule has 0 radical (unpaired) electrons. The van der Waals surface area contributed by atoms with Gasteiger partial charge in [-0.2, -0.15) is 0 Å². The number of aromatic nitrogens is 1. The summed E-state index contributed by atoms with van der Waals surface area (Å²) in [6.45, 7) is 0. The number of hydrogen-bond donors (Lipinski definition) is 2. The predicted molar refractivity (Wildman–Crippen MR) is 75.8 cm³/mol. The summed E-state index contributed by atoms with van der Waals surface area (Å²) in [6, 6.07) is 10.0. The predicted octanol–water partition coefficient (Wildman–Crippen LogP) is 3.33. The maximum Gasteiger partial charge on any atom is 0.258 e. The summed E-state index contributed by atoms with van der Waals surface area (Å²) >= 11 is 9.01. The molecule has 0 saturated heterocycles. The smallest absolute Gasteiger partial charge is 0.258 e. The van der Waals surface area contributed by atoms with Gasteiger partial charge in [0.25, 0.3) is 5.91 Å². The van der Waals surface area contributed by atoms with Crippen LogP contribution in [0.25, 0.3) is 0 Å². The molecule has 0 bridgehead atoms. The largest absolute Gasteiger partial charge is 0.398 e. The number of benzene rings is 1. The van der Waals surface area contributed by atoms with Gasteiger partial charge in [0.05, 0.1) is 5.56 Å². The van der Waals surface area contributed by atoms with Gasteiger partial charge in [0.15, 0.2) is 0 Å². The number of anilines is 2. The highest BCUT2D eigenvalue weighted by atomic mass is 79.9. The average molecular weight is 327 g/mol. The van der Waals surface area contributed by atoms with Gasteiger partial charge in [-0.05, 0) is 30.3 Å². The Bertz CT molecular complexity index is 604. The number of pyridine rings is 1. The molecule has 0 fully saturated rings. The zero-order valence-electron chi connectivity index (χ0n) is 9.15. The van der Waals surface area contributed by atoms with Crippen LogP contribution >= 0.6 is 27.5 Å². The molecule has 0 saturated carbocycles. The Kier molecular flexibility index (Phi) is 3.84. The topological polar surface area (TPSA) is 68.0 Å². The number of nitrogens with one attached hydrogen (secondary N) is 1. The average Bonchev–Trinajstić information content (AvgIpc) is 2.28. The molecule has 0 unspecified atom stereocenters. The second-order valence-corrected chi connectivity index (χ2v) is 4.83. The molecular formula is C12H9BrClN3O. The highest BCUT2D eigenvalue weighted by Crippen LogP contribution is 2.19. The van der Waals surface area contributed by atoms with Crippen LogP contribution in [0.15, 0.2) is 40.9 Å². The van der Waals surface area contributed by atoms with E-state index < -0.39 is 0 Å². The minimum atomic E-state index is -0.324. The third kappa shape index (κ3) is 3.00. The van der Waals surface area contributed by atoms with Crippen LogP contribution in [-0.4, -0.2) is 10.9 Å². The normalized spacial score (nSPS) is 10.1. The molecule has 1 heterocycles. The van der Waals surface area contributed by atoms with E-state index in [1.54, 1.807) is 36.4 Å². The molecule has 0 aliphatic carbocycles. The van der Waals surface area contributed by atoms with Gasteiger partial charge in [0.1, 0.15) is 11.0 Å². The van der Waals surface area contributed by atoms with Crippen molar-refractivity contribution in [3.63, 3.8) is 0 Å². The molecule has 1 aromatic carbocycles. The first-order chi connectivity index (χ1) is 8.56. The van der Waals surface area contributed by atoms with Crippen molar-refractivity contribution in [2.75, 3.05) is 11.1 Å². The lowest BCUT2D eigenvalue weighted by molar-refractivity contribution is 0.102. The Morgan fingerprint density at radius 2 is 2.11 bits per heavy atom. The van der Waals surface area contributed by atoms with Crippen molar-refractivity contribution in [2.24, 2.45) is 0 Å². The second-order valence-electron chi connectivity index (χ2n) is 3.53. The Balaban J connectivity index is 2.22. The molecule has 1 aromatic heterocycles. The standard InChI is InChI=1S/C12H9BrClN3O/c13-7-4-5-8(9(15)6-7)12(18)17-11-3-1-2-10(14)16-11/h1-6H,15H2,(H,16,17,18). The van der Waals surface area contributed by atoms with E-state index in [0.717, 1.165) is 4.47 Å². The van der Waals surface area contributed by atoms with Crippen LogP contribution in [0.5, 0.6) is 0 Å². The number of nitrogens with zero attached hydrogens (tertiary/aromatic N) is 1. The Morgan fingerprint density at radius 3 is 2.78 bits per heavy atom. The number of carbonyl (C=O) groups excluding carboxylic acids is 1. The molecule has 92 valence electrons. The van der Waals surface area contributed by atoms with E-state index >= 15 is 0 Å². The molecule has 0 aliphatic rings. The monoisotopic (exact) mass is 325 g/mol. The van der Waals surface area contributed by atoms with Crippen LogP contribution in [0.2, 0.25) is 5.15 Å². The third-order valence-electron chi connectivity index (χ3n) is 2.21.